The lowest BCUT2D eigenvalue weighted by molar-refractivity contribution is 0.0697. The van der Waals surface area contributed by atoms with Gasteiger partial charge in [-0.05, 0) is 25.1 Å². The lowest BCUT2D eigenvalue weighted by atomic mass is 9.94. The first-order chi connectivity index (χ1) is 11.8. The number of phenols is 1. The molecular formula is C18H18O7. The Morgan fingerprint density at radius 1 is 0.920 bits per heavy atom. The second-order valence-electron chi connectivity index (χ2n) is 5.19. The largest absolute Gasteiger partial charge is 0.504 e. The van der Waals surface area contributed by atoms with Gasteiger partial charge in [0.05, 0.1) is 26.9 Å². The van der Waals surface area contributed by atoms with Crippen molar-refractivity contribution < 1.29 is 34.0 Å². The van der Waals surface area contributed by atoms with Crippen molar-refractivity contribution in [3.63, 3.8) is 0 Å². The molecule has 7 nitrogen and oxygen atoms in total. The van der Waals surface area contributed by atoms with Crippen LogP contribution in [0.1, 0.15) is 27.6 Å². The number of hydrogen-bond acceptors (Lipinski definition) is 6. The predicted molar refractivity (Wildman–Crippen MR) is 90.2 cm³/mol. The summed E-state index contributed by atoms with van der Waals surface area (Å²) in [6.07, 6.45) is 0. The average molecular weight is 346 g/mol. The van der Waals surface area contributed by atoms with Gasteiger partial charge in [-0.15, -0.1) is 0 Å². The lowest BCUT2D eigenvalue weighted by Gasteiger charge is -2.17. The Bertz CT molecular complexity index is 840. The zero-order chi connectivity index (χ0) is 18.7. The van der Waals surface area contributed by atoms with E-state index in [1.54, 1.807) is 0 Å². The molecule has 0 unspecified atom stereocenters. The summed E-state index contributed by atoms with van der Waals surface area (Å²) in [5, 5.41) is 20.1. The highest BCUT2D eigenvalue weighted by Gasteiger charge is 2.24. The first kappa shape index (κ1) is 18.1. The van der Waals surface area contributed by atoms with E-state index in [2.05, 4.69) is 0 Å². The van der Waals surface area contributed by atoms with Crippen LogP contribution >= 0.6 is 0 Å². The molecule has 0 atom stereocenters. The second-order valence-corrected chi connectivity index (χ2v) is 5.19. The van der Waals surface area contributed by atoms with Crippen molar-refractivity contribution in [1.29, 1.82) is 0 Å². The maximum absolute atomic E-state index is 11.7. The van der Waals surface area contributed by atoms with E-state index in [4.69, 9.17) is 14.2 Å². The molecule has 0 heterocycles. The van der Waals surface area contributed by atoms with Crippen molar-refractivity contribution in [2.24, 2.45) is 0 Å². The summed E-state index contributed by atoms with van der Waals surface area (Å²) < 4.78 is 15.6. The third-order valence-corrected chi connectivity index (χ3v) is 3.73. The third-order valence-electron chi connectivity index (χ3n) is 3.73. The Kier molecular flexibility index (Phi) is 5.17. The van der Waals surface area contributed by atoms with Crippen LogP contribution in [0.2, 0.25) is 0 Å². The minimum atomic E-state index is -1.27. The number of phenolic OH excluding ortho intramolecular Hbond substituents is 1. The normalized spacial score (nSPS) is 10.2. The summed E-state index contributed by atoms with van der Waals surface area (Å²) in [6.45, 7) is 1.33. The van der Waals surface area contributed by atoms with E-state index in [1.807, 2.05) is 0 Å². The first-order valence-electron chi connectivity index (χ1n) is 7.25. The number of hydrogen-bond donors (Lipinski definition) is 2. The number of Topliss-reactive ketones (excluding diaryl/α,β-unsaturated/α-hetero) is 1. The van der Waals surface area contributed by atoms with E-state index in [-0.39, 0.29) is 45.3 Å². The smallest absolute Gasteiger partial charge is 0.336 e. The number of aromatic carboxylic acids is 1. The number of carboxylic acids is 1. The maximum atomic E-state index is 11.7. The predicted octanol–water partition coefficient (Wildman–Crippen LogP) is 2.99. The highest BCUT2D eigenvalue weighted by molar-refractivity contribution is 6.04. The molecule has 0 saturated carbocycles. The number of carboxylic acid groups (broad SMARTS) is 1. The van der Waals surface area contributed by atoms with Crippen LogP contribution in [0, 0.1) is 0 Å². The summed E-state index contributed by atoms with van der Waals surface area (Å²) >= 11 is 0. The number of ketones is 1. The second kappa shape index (κ2) is 7.12. The van der Waals surface area contributed by atoms with Crippen LogP contribution < -0.4 is 14.2 Å². The van der Waals surface area contributed by atoms with E-state index in [0.717, 1.165) is 0 Å². The maximum Gasteiger partial charge on any atom is 0.336 e. The molecule has 0 aromatic heterocycles. The number of ether oxygens (including phenoxy) is 3. The number of methoxy groups -OCH3 is 3. The Morgan fingerprint density at radius 3 is 2.04 bits per heavy atom. The van der Waals surface area contributed by atoms with Gasteiger partial charge in [0, 0.05) is 22.8 Å². The molecule has 0 radical (unpaired) electrons. The Hall–Kier alpha value is -3.22. The minimum Gasteiger partial charge on any atom is -0.504 e. The van der Waals surface area contributed by atoms with E-state index in [9.17, 15) is 19.8 Å². The standard InChI is InChI=1S/C18H18O7/c1-9(19)10-5-13(18(21)22)16(14(6-10)24-3)12-7-11(23-2)8-15(25-4)17(12)20/h5-8,20H,1-4H3,(H,21,22). The van der Waals surface area contributed by atoms with Crippen molar-refractivity contribution in [2.45, 2.75) is 6.92 Å². The van der Waals surface area contributed by atoms with Crippen LogP contribution in [-0.4, -0.2) is 43.3 Å². The molecule has 25 heavy (non-hydrogen) atoms. The number of rotatable bonds is 6. The first-order valence-corrected chi connectivity index (χ1v) is 7.25. The zero-order valence-electron chi connectivity index (χ0n) is 14.2. The number of carbonyl (C=O) groups excluding carboxylic acids is 1. The van der Waals surface area contributed by atoms with Crippen molar-refractivity contribution in [2.75, 3.05) is 21.3 Å². The monoisotopic (exact) mass is 346 g/mol. The number of aromatic hydroxyl groups is 1. The molecule has 2 rings (SSSR count). The summed E-state index contributed by atoms with van der Waals surface area (Å²) in [7, 11) is 4.15. The molecule has 132 valence electrons. The molecule has 0 bridgehead atoms. The van der Waals surface area contributed by atoms with Gasteiger partial charge in [-0.3, -0.25) is 4.79 Å². The molecule has 0 spiro atoms. The lowest BCUT2D eigenvalue weighted by Crippen LogP contribution is -2.06. The van der Waals surface area contributed by atoms with Gasteiger partial charge in [0.25, 0.3) is 0 Å². The summed E-state index contributed by atoms with van der Waals surface area (Å²) in [5.41, 5.74) is 0.276. The Labute approximate surface area is 144 Å². The molecule has 2 N–H and O–H groups in total. The van der Waals surface area contributed by atoms with Crippen LogP contribution in [0.5, 0.6) is 23.0 Å². The molecule has 2 aromatic rings. The molecule has 7 heteroatoms. The molecule has 0 fully saturated rings. The van der Waals surface area contributed by atoms with Crippen molar-refractivity contribution >= 4 is 11.8 Å². The molecule has 2 aromatic carbocycles. The van der Waals surface area contributed by atoms with Gasteiger partial charge in [0.15, 0.2) is 17.3 Å². The number of carbonyl (C=O) groups is 2. The fourth-order valence-corrected chi connectivity index (χ4v) is 2.47. The zero-order valence-corrected chi connectivity index (χ0v) is 14.2. The van der Waals surface area contributed by atoms with E-state index >= 15 is 0 Å². The van der Waals surface area contributed by atoms with Gasteiger partial charge in [0.1, 0.15) is 11.5 Å². The van der Waals surface area contributed by atoms with Crippen LogP contribution in [0.3, 0.4) is 0 Å². The summed E-state index contributed by atoms with van der Waals surface area (Å²) in [6, 6.07) is 5.61. The highest BCUT2D eigenvalue weighted by atomic mass is 16.5. The van der Waals surface area contributed by atoms with Gasteiger partial charge < -0.3 is 24.4 Å². The topological polar surface area (TPSA) is 102 Å². The molecule has 0 aliphatic rings. The minimum absolute atomic E-state index is 0.114. The van der Waals surface area contributed by atoms with Gasteiger partial charge in [-0.1, -0.05) is 0 Å². The van der Waals surface area contributed by atoms with E-state index in [1.165, 1.54) is 52.5 Å². The Morgan fingerprint density at radius 2 is 1.56 bits per heavy atom. The number of benzene rings is 2. The molecule has 0 amide bonds. The van der Waals surface area contributed by atoms with Crippen LogP contribution in [0.4, 0.5) is 0 Å². The summed E-state index contributed by atoms with van der Waals surface area (Å²) in [4.78, 5) is 23.4. The third kappa shape index (κ3) is 3.35. The summed E-state index contributed by atoms with van der Waals surface area (Å²) in [5.74, 6) is -1.23. The quantitative estimate of drug-likeness (QED) is 0.775. The van der Waals surface area contributed by atoms with E-state index < -0.39 is 5.97 Å². The molecule has 0 saturated heterocycles. The van der Waals surface area contributed by atoms with Gasteiger partial charge in [0.2, 0.25) is 0 Å². The SMILES string of the molecule is COc1cc(OC)c(O)c(-c2c(OC)cc(C(C)=O)cc2C(=O)O)c1. The average Bonchev–Trinajstić information content (AvgIpc) is 2.60. The van der Waals surface area contributed by atoms with Crippen LogP contribution in [0.25, 0.3) is 11.1 Å². The van der Waals surface area contributed by atoms with Gasteiger partial charge >= 0.3 is 5.97 Å². The van der Waals surface area contributed by atoms with Crippen LogP contribution in [-0.2, 0) is 0 Å². The van der Waals surface area contributed by atoms with Gasteiger partial charge in [-0.25, -0.2) is 4.79 Å². The van der Waals surface area contributed by atoms with Crippen molar-refractivity contribution in [3.05, 3.63) is 35.4 Å². The fourth-order valence-electron chi connectivity index (χ4n) is 2.47. The Balaban J connectivity index is 2.91. The fraction of sp³-hybridized carbons (Fsp3) is 0.222. The van der Waals surface area contributed by atoms with Crippen molar-refractivity contribution in [1.82, 2.24) is 0 Å². The van der Waals surface area contributed by atoms with Gasteiger partial charge in [-0.2, -0.15) is 0 Å². The van der Waals surface area contributed by atoms with E-state index in [0.29, 0.717) is 5.75 Å². The van der Waals surface area contributed by atoms with Crippen LogP contribution in [0.15, 0.2) is 24.3 Å². The van der Waals surface area contributed by atoms with Crippen molar-refractivity contribution in [3.8, 4) is 34.1 Å². The molecule has 0 aliphatic heterocycles. The highest BCUT2D eigenvalue weighted by Crippen LogP contribution is 2.45. The molecule has 0 aliphatic carbocycles. The molecular weight excluding hydrogens is 328 g/mol.